The third kappa shape index (κ3) is 4.46. The Labute approximate surface area is 152 Å². The first-order chi connectivity index (χ1) is 12.8. The van der Waals surface area contributed by atoms with Gasteiger partial charge < -0.3 is 10.4 Å². The first-order valence-corrected chi connectivity index (χ1v) is 8.55. The van der Waals surface area contributed by atoms with E-state index in [-0.39, 0.29) is 12.5 Å². The first kappa shape index (κ1) is 17.6. The van der Waals surface area contributed by atoms with Gasteiger partial charge in [0.2, 0.25) is 5.91 Å². The van der Waals surface area contributed by atoms with Crippen molar-refractivity contribution >= 4 is 12.0 Å². The summed E-state index contributed by atoms with van der Waals surface area (Å²) in [6.07, 6.45) is 5.72. The maximum Gasteiger partial charge on any atom is 0.244 e. The van der Waals surface area contributed by atoms with Gasteiger partial charge in [0.1, 0.15) is 0 Å². The molecule has 0 aliphatic rings. The quantitative estimate of drug-likeness (QED) is 0.510. The Morgan fingerprint density at radius 3 is 2.46 bits per heavy atom. The number of carbonyl (C=O) groups is 1. The van der Waals surface area contributed by atoms with Crippen molar-refractivity contribution in [3.05, 3.63) is 78.5 Å². The second-order valence-corrected chi connectivity index (χ2v) is 5.78. The molecule has 132 valence electrons. The SMILES string of the molecule is O=C(/C=C/c1cn(-c2ccccc2)nc1-c1ccccc1)NCCCO. The van der Waals surface area contributed by atoms with Gasteiger partial charge in [-0.25, -0.2) is 4.68 Å². The van der Waals surface area contributed by atoms with Gasteiger partial charge in [-0.2, -0.15) is 5.10 Å². The zero-order chi connectivity index (χ0) is 18.2. The molecule has 1 aromatic heterocycles. The predicted molar refractivity (Wildman–Crippen MR) is 103 cm³/mol. The summed E-state index contributed by atoms with van der Waals surface area (Å²) < 4.78 is 1.81. The lowest BCUT2D eigenvalue weighted by Crippen LogP contribution is -2.22. The van der Waals surface area contributed by atoms with Gasteiger partial charge in [-0.05, 0) is 24.6 Å². The fourth-order valence-corrected chi connectivity index (χ4v) is 2.56. The fraction of sp³-hybridized carbons (Fsp3) is 0.143. The molecule has 0 aliphatic carbocycles. The van der Waals surface area contributed by atoms with Crippen molar-refractivity contribution in [2.45, 2.75) is 6.42 Å². The van der Waals surface area contributed by atoms with Crippen molar-refractivity contribution in [3.8, 4) is 16.9 Å². The van der Waals surface area contributed by atoms with E-state index in [9.17, 15) is 4.79 Å². The number of nitrogens with one attached hydrogen (secondary N) is 1. The zero-order valence-corrected chi connectivity index (χ0v) is 14.4. The van der Waals surface area contributed by atoms with Crippen molar-refractivity contribution in [1.82, 2.24) is 15.1 Å². The Kier molecular flexibility index (Phi) is 5.96. The summed E-state index contributed by atoms with van der Waals surface area (Å²) in [6, 6.07) is 19.7. The highest BCUT2D eigenvalue weighted by atomic mass is 16.3. The molecule has 0 atom stereocenters. The molecule has 0 fully saturated rings. The van der Waals surface area contributed by atoms with Crippen LogP contribution in [0.5, 0.6) is 0 Å². The number of aliphatic hydroxyl groups excluding tert-OH is 1. The minimum absolute atomic E-state index is 0.0615. The number of aromatic nitrogens is 2. The number of rotatable bonds is 7. The molecule has 1 amide bonds. The zero-order valence-electron chi connectivity index (χ0n) is 14.4. The molecular formula is C21H21N3O2. The van der Waals surface area contributed by atoms with Gasteiger partial charge in [0.15, 0.2) is 0 Å². The summed E-state index contributed by atoms with van der Waals surface area (Å²) in [4.78, 5) is 11.9. The van der Waals surface area contributed by atoms with Crippen LogP contribution >= 0.6 is 0 Å². The monoisotopic (exact) mass is 347 g/mol. The molecule has 0 radical (unpaired) electrons. The van der Waals surface area contributed by atoms with Crippen LogP contribution in [-0.2, 0) is 4.79 Å². The lowest BCUT2D eigenvalue weighted by molar-refractivity contribution is -0.116. The summed E-state index contributed by atoms with van der Waals surface area (Å²) in [5.74, 6) is -0.190. The van der Waals surface area contributed by atoms with Gasteiger partial charge >= 0.3 is 0 Å². The van der Waals surface area contributed by atoms with Gasteiger partial charge in [-0.3, -0.25) is 4.79 Å². The topological polar surface area (TPSA) is 67.2 Å². The third-order valence-electron chi connectivity index (χ3n) is 3.86. The van der Waals surface area contributed by atoms with Gasteiger partial charge in [0.25, 0.3) is 0 Å². The molecule has 3 rings (SSSR count). The Balaban J connectivity index is 1.90. The maximum atomic E-state index is 11.9. The van der Waals surface area contributed by atoms with Crippen LogP contribution in [0.15, 0.2) is 72.9 Å². The molecule has 26 heavy (non-hydrogen) atoms. The molecule has 0 aliphatic heterocycles. The van der Waals surface area contributed by atoms with E-state index in [0.29, 0.717) is 13.0 Å². The first-order valence-electron chi connectivity index (χ1n) is 8.55. The maximum absolute atomic E-state index is 11.9. The van der Waals surface area contributed by atoms with E-state index in [1.807, 2.05) is 71.5 Å². The number of nitrogens with zero attached hydrogens (tertiary/aromatic N) is 2. The Morgan fingerprint density at radius 1 is 1.08 bits per heavy atom. The molecule has 3 aromatic rings. The number of amides is 1. The van der Waals surface area contributed by atoms with Gasteiger partial charge in [0.05, 0.1) is 11.4 Å². The largest absolute Gasteiger partial charge is 0.396 e. The van der Waals surface area contributed by atoms with Crippen LogP contribution in [0.4, 0.5) is 0 Å². The number of aliphatic hydroxyl groups is 1. The van der Waals surface area contributed by atoms with Crippen LogP contribution in [0, 0.1) is 0 Å². The number of hydrogen-bond acceptors (Lipinski definition) is 3. The average Bonchev–Trinajstić information content (AvgIpc) is 3.12. The number of benzene rings is 2. The average molecular weight is 347 g/mol. The minimum Gasteiger partial charge on any atom is -0.396 e. The van der Waals surface area contributed by atoms with Crippen LogP contribution in [-0.4, -0.2) is 33.9 Å². The van der Waals surface area contributed by atoms with Gasteiger partial charge in [-0.15, -0.1) is 0 Å². The Bertz CT molecular complexity index is 871. The highest BCUT2D eigenvalue weighted by molar-refractivity contribution is 5.92. The van der Waals surface area contributed by atoms with Crippen molar-refractivity contribution in [1.29, 1.82) is 0 Å². The smallest absolute Gasteiger partial charge is 0.244 e. The van der Waals surface area contributed by atoms with Gasteiger partial charge in [0, 0.05) is 36.6 Å². The van der Waals surface area contributed by atoms with E-state index in [1.54, 1.807) is 6.08 Å². The van der Waals surface area contributed by atoms with Crippen molar-refractivity contribution < 1.29 is 9.90 Å². The molecule has 5 heteroatoms. The summed E-state index contributed by atoms with van der Waals surface area (Å²) in [6.45, 7) is 0.514. The van der Waals surface area contributed by atoms with E-state index in [4.69, 9.17) is 10.2 Å². The summed E-state index contributed by atoms with van der Waals surface area (Å²) >= 11 is 0. The number of hydrogen-bond donors (Lipinski definition) is 2. The molecule has 0 saturated heterocycles. The molecule has 0 spiro atoms. The van der Waals surface area contributed by atoms with Crippen LogP contribution in [0.25, 0.3) is 23.0 Å². The van der Waals surface area contributed by atoms with E-state index in [2.05, 4.69) is 5.32 Å². The lowest BCUT2D eigenvalue weighted by atomic mass is 10.1. The highest BCUT2D eigenvalue weighted by Crippen LogP contribution is 2.24. The van der Waals surface area contributed by atoms with Crippen LogP contribution < -0.4 is 5.32 Å². The van der Waals surface area contributed by atoms with E-state index >= 15 is 0 Å². The summed E-state index contributed by atoms with van der Waals surface area (Å²) in [5, 5.41) is 16.2. The highest BCUT2D eigenvalue weighted by Gasteiger charge is 2.10. The molecule has 1 heterocycles. The Morgan fingerprint density at radius 2 is 1.77 bits per heavy atom. The van der Waals surface area contributed by atoms with Crippen molar-refractivity contribution in [2.24, 2.45) is 0 Å². The molecule has 0 bridgehead atoms. The Hall–Kier alpha value is -3.18. The summed E-state index contributed by atoms with van der Waals surface area (Å²) in [5.41, 5.74) is 3.62. The molecular weight excluding hydrogens is 326 g/mol. The summed E-state index contributed by atoms with van der Waals surface area (Å²) in [7, 11) is 0. The molecule has 2 aromatic carbocycles. The predicted octanol–water partition coefficient (Wildman–Crippen LogP) is 3.05. The normalized spacial score (nSPS) is 11.0. The van der Waals surface area contributed by atoms with Gasteiger partial charge in [-0.1, -0.05) is 48.5 Å². The lowest BCUT2D eigenvalue weighted by Gasteiger charge is -2.00. The van der Waals surface area contributed by atoms with E-state index in [1.165, 1.54) is 6.08 Å². The van der Waals surface area contributed by atoms with E-state index in [0.717, 1.165) is 22.5 Å². The number of carbonyl (C=O) groups excluding carboxylic acids is 1. The second-order valence-electron chi connectivity index (χ2n) is 5.78. The van der Waals surface area contributed by atoms with Crippen LogP contribution in [0.1, 0.15) is 12.0 Å². The standard InChI is InChI=1S/C21H21N3O2/c25-15-7-14-22-20(26)13-12-18-16-24(19-10-5-2-6-11-19)23-21(18)17-8-3-1-4-9-17/h1-6,8-13,16,25H,7,14-15H2,(H,22,26)/b13-12+. The fourth-order valence-electron chi connectivity index (χ4n) is 2.56. The third-order valence-corrected chi connectivity index (χ3v) is 3.86. The van der Waals surface area contributed by atoms with Crippen molar-refractivity contribution in [2.75, 3.05) is 13.2 Å². The molecule has 0 unspecified atom stereocenters. The molecule has 5 nitrogen and oxygen atoms in total. The van der Waals surface area contributed by atoms with E-state index < -0.39 is 0 Å². The van der Waals surface area contributed by atoms with Crippen LogP contribution in [0.2, 0.25) is 0 Å². The molecule has 0 saturated carbocycles. The minimum atomic E-state index is -0.190. The number of para-hydroxylation sites is 1. The van der Waals surface area contributed by atoms with Crippen LogP contribution in [0.3, 0.4) is 0 Å². The second kappa shape index (κ2) is 8.78. The molecule has 2 N–H and O–H groups in total. The van der Waals surface area contributed by atoms with Crippen molar-refractivity contribution in [3.63, 3.8) is 0 Å².